The molecule has 6 nitrogen and oxygen atoms in total. The van der Waals surface area contributed by atoms with Crippen LogP contribution in [-0.2, 0) is 0 Å². The van der Waals surface area contributed by atoms with Crippen LogP contribution in [0.4, 0.5) is 0 Å². The lowest BCUT2D eigenvalue weighted by Crippen LogP contribution is -2.39. The number of hydrogen-bond acceptors (Lipinski definition) is 3. The number of fused-ring (bicyclic) bond motifs is 2. The Labute approximate surface area is 133 Å². The number of pyridine rings is 2. The summed E-state index contributed by atoms with van der Waals surface area (Å²) in [4.78, 5) is 4.71. The minimum atomic E-state index is 0.0845. The molecule has 0 fully saturated rings. The van der Waals surface area contributed by atoms with Gasteiger partial charge in [-0.3, -0.25) is 5.10 Å². The van der Waals surface area contributed by atoms with Crippen molar-refractivity contribution in [3.8, 4) is 0 Å². The number of nitrogens with one attached hydrogen (secondary N) is 2. The second-order valence-electron chi connectivity index (χ2n) is 6.16. The fourth-order valence-electron chi connectivity index (χ4n) is 2.99. The predicted octanol–water partition coefficient (Wildman–Crippen LogP) is 2.85. The van der Waals surface area contributed by atoms with Crippen LogP contribution in [0.2, 0.25) is 0 Å². The van der Waals surface area contributed by atoms with E-state index in [1.807, 2.05) is 12.1 Å². The number of hydrogen-bond donors (Lipinski definition) is 2. The molecule has 0 radical (unpaired) electrons. The zero-order chi connectivity index (χ0) is 16.0. The fourth-order valence-corrected chi connectivity index (χ4v) is 2.99. The van der Waals surface area contributed by atoms with Gasteiger partial charge >= 0.3 is 5.65 Å². The second kappa shape index (κ2) is 5.15. The molecule has 6 heteroatoms. The largest absolute Gasteiger partial charge is 0.357 e. The van der Waals surface area contributed by atoms with Crippen LogP contribution >= 0.6 is 0 Å². The van der Waals surface area contributed by atoms with Gasteiger partial charge in [0, 0.05) is 0 Å². The van der Waals surface area contributed by atoms with E-state index in [4.69, 9.17) is 4.98 Å². The SMILES string of the molecule is CC(C)c1[nH]nc2c1ccc[n+]2C(C)c1ccc2[nH]ncc2n1. The highest BCUT2D eigenvalue weighted by Gasteiger charge is 2.23. The van der Waals surface area contributed by atoms with Crippen LogP contribution < -0.4 is 4.57 Å². The van der Waals surface area contributed by atoms with E-state index in [-0.39, 0.29) is 6.04 Å². The van der Waals surface area contributed by atoms with Gasteiger partial charge < -0.3 is 0 Å². The number of H-pyrrole nitrogens is 2. The third-order valence-electron chi connectivity index (χ3n) is 4.31. The van der Waals surface area contributed by atoms with Crippen molar-refractivity contribution in [1.29, 1.82) is 0 Å². The van der Waals surface area contributed by atoms with Crippen LogP contribution in [0.3, 0.4) is 0 Å². The van der Waals surface area contributed by atoms with E-state index >= 15 is 0 Å². The lowest BCUT2D eigenvalue weighted by Gasteiger charge is -2.10. The Kier molecular flexibility index (Phi) is 3.11. The van der Waals surface area contributed by atoms with E-state index in [0.29, 0.717) is 5.92 Å². The average molecular weight is 307 g/mol. The average Bonchev–Trinajstić information content (AvgIpc) is 3.19. The van der Waals surface area contributed by atoms with Crippen molar-refractivity contribution < 1.29 is 4.57 Å². The van der Waals surface area contributed by atoms with E-state index in [9.17, 15) is 0 Å². The fraction of sp³-hybridized carbons (Fsp3) is 0.294. The maximum absolute atomic E-state index is 4.71. The molecule has 0 aromatic carbocycles. The Morgan fingerprint density at radius 2 is 1.96 bits per heavy atom. The molecule has 0 aliphatic heterocycles. The normalized spacial score (nSPS) is 13.2. The summed E-state index contributed by atoms with van der Waals surface area (Å²) in [5.74, 6) is 0.409. The molecule has 0 spiro atoms. The molecule has 4 heterocycles. The Morgan fingerprint density at radius 1 is 1.09 bits per heavy atom. The second-order valence-corrected chi connectivity index (χ2v) is 6.16. The first kappa shape index (κ1) is 13.9. The van der Waals surface area contributed by atoms with Crippen LogP contribution in [0.15, 0.2) is 36.7 Å². The van der Waals surface area contributed by atoms with Gasteiger partial charge in [0.1, 0.15) is 11.6 Å². The maximum atomic E-state index is 4.71. The molecule has 4 rings (SSSR count). The summed E-state index contributed by atoms with van der Waals surface area (Å²) in [7, 11) is 0. The molecule has 2 N–H and O–H groups in total. The van der Waals surface area contributed by atoms with Gasteiger partial charge in [0.25, 0.3) is 0 Å². The minimum absolute atomic E-state index is 0.0845. The molecule has 116 valence electrons. The summed E-state index contributed by atoms with van der Waals surface area (Å²) in [6, 6.07) is 8.32. The lowest BCUT2D eigenvalue weighted by molar-refractivity contribution is -0.687. The third-order valence-corrected chi connectivity index (χ3v) is 4.31. The van der Waals surface area contributed by atoms with Crippen molar-refractivity contribution in [2.75, 3.05) is 0 Å². The highest BCUT2D eigenvalue weighted by atomic mass is 15.2. The molecule has 23 heavy (non-hydrogen) atoms. The predicted molar refractivity (Wildman–Crippen MR) is 88.1 cm³/mol. The Hall–Kier alpha value is -2.76. The smallest absolute Gasteiger partial charge is 0.276 e. The van der Waals surface area contributed by atoms with E-state index < -0.39 is 0 Å². The van der Waals surface area contributed by atoms with Crippen LogP contribution in [0.1, 0.15) is 44.1 Å². The van der Waals surface area contributed by atoms with E-state index in [1.54, 1.807) is 6.20 Å². The molecule has 0 bridgehead atoms. The van der Waals surface area contributed by atoms with Gasteiger partial charge in [-0.2, -0.15) is 10.2 Å². The molecule has 1 atom stereocenters. The molecular formula is C17H19N6+. The van der Waals surface area contributed by atoms with Crippen molar-refractivity contribution >= 4 is 22.1 Å². The minimum Gasteiger partial charge on any atom is -0.276 e. The monoisotopic (exact) mass is 307 g/mol. The van der Waals surface area contributed by atoms with Gasteiger partial charge in [-0.15, -0.1) is 0 Å². The summed E-state index contributed by atoms with van der Waals surface area (Å²) in [6.07, 6.45) is 3.81. The summed E-state index contributed by atoms with van der Waals surface area (Å²) in [5, 5.41) is 15.8. The van der Waals surface area contributed by atoms with Gasteiger partial charge in [-0.05, 0) is 37.1 Å². The topological polar surface area (TPSA) is 74.1 Å². The molecule has 1 unspecified atom stereocenters. The molecule has 0 aliphatic carbocycles. The Balaban J connectivity index is 1.84. The van der Waals surface area contributed by atoms with Crippen molar-refractivity contribution in [3.05, 3.63) is 48.0 Å². The zero-order valence-electron chi connectivity index (χ0n) is 13.4. The van der Waals surface area contributed by atoms with Gasteiger partial charge in [0.05, 0.1) is 39.8 Å². The summed E-state index contributed by atoms with van der Waals surface area (Å²) >= 11 is 0. The lowest BCUT2D eigenvalue weighted by atomic mass is 10.1. The number of aromatic nitrogens is 6. The van der Waals surface area contributed by atoms with Crippen LogP contribution in [0.5, 0.6) is 0 Å². The van der Waals surface area contributed by atoms with Gasteiger partial charge in [-0.25, -0.2) is 9.55 Å². The molecule has 4 aromatic rings. The van der Waals surface area contributed by atoms with E-state index in [1.165, 1.54) is 11.1 Å². The van der Waals surface area contributed by atoms with Crippen molar-refractivity contribution in [2.45, 2.75) is 32.7 Å². The summed E-state index contributed by atoms with van der Waals surface area (Å²) < 4.78 is 2.16. The number of aromatic amines is 2. The maximum Gasteiger partial charge on any atom is 0.357 e. The zero-order valence-corrected chi connectivity index (χ0v) is 13.4. The van der Waals surface area contributed by atoms with Crippen molar-refractivity contribution in [1.82, 2.24) is 25.4 Å². The van der Waals surface area contributed by atoms with E-state index in [0.717, 1.165) is 22.4 Å². The Morgan fingerprint density at radius 3 is 2.78 bits per heavy atom. The molecule has 0 amide bonds. The van der Waals surface area contributed by atoms with Crippen LogP contribution in [0.25, 0.3) is 22.1 Å². The van der Waals surface area contributed by atoms with Gasteiger partial charge in [-0.1, -0.05) is 13.8 Å². The van der Waals surface area contributed by atoms with E-state index in [2.05, 4.69) is 64.1 Å². The first-order chi connectivity index (χ1) is 11.1. The molecule has 4 aromatic heterocycles. The molecule has 0 saturated carbocycles. The first-order valence-electron chi connectivity index (χ1n) is 7.83. The highest BCUT2D eigenvalue weighted by Crippen LogP contribution is 2.22. The molecule has 0 saturated heterocycles. The number of nitrogens with zero attached hydrogens (tertiary/aromatic N) is 4. The van der Waals surface area contributed by atoms with Crippen molar-refractivity contribution in [3.63, 3.8) is 0 Å². The first-order valence-corrected chi connectivity index (χ1v) is 7.83. The molecular weight excluding hydrogens is 288 g/mol. The highest BCUT2D eigenvalue weighted by molar-refractivity contribution is 5.75. The third kappa shape index (κ3) is 2.18. The summed E-state index contributed by atoms with van der Waals surface area (Å²) in [5.41, 5.74) is 4.95. The standard InChI is InChI=1S/C17H18N6/c1-10(2)16-12-5-4-8-23(17(12)22-21-16)11(3)13-6-7-14-15(19-13)9-18-20-14/h4-11H,1-3H3,(H,18,19,20)/p+1. The summed E-state index contributed by atoms with van der Waals surface area (Å²) in [6.45, 7) is 6.47. The van der Waals surface area contributed by atoms with Gasteiger partial charge in [0.2, 0.25) is 0 Å². The number of rotatable bonds is 3. The van der Waals surface area contributed by atoms with Crippen LogP contribution in [0, 0.1) is 0 Å². The van der Waals surface area contributed by atoms with Crippen molar-refractivity contribution in [2.24, 2.45) is 0 Å². The van der Waals surface area contributed by atoms with Gasteiger partial charge in [0.15, 0.2) is 0 Å². The molecule has 0 aliphatic rings. The quantitative estimate of drug-likeness (QED) is 0.572. The Bertz CT molecular complexity index is 981. The van der Waals surface area contributed by atoms with Crippen LogP contribution in [-0.4, -0.2) is 25.4 Å².